The van der Waals surface area contributed by atoms with Crippen LogP contribution in [0.3, 0.4) is 0 Å². The molecular weight excluding hydrogens is 366 g/mol. The topological polar surface area (TPSA) is 70.7 Å². The zero-order valence-corrected chi connectivity index (χ0v) is 17.1. The van der Waals surface area contributed by atoms with E-state index in [4.69, 9.17) is 4.74 Å². The minimum atomic E-state index is -0.160. The summed E-state index contributed by atoms with van der Waals surface area (Å²) in [5, 5.41) is 5.79. The van der Waals surface area contributed by atoms with Crippen molar-refractivity contribution >= 4 is 17.5 Å². The van der Waals surface area contributed by atoms with Gasteiger partial charge >= 0.3 is 0 Å². The van der Waals surface area contributed by atoms with Gasteiger partial charge in [-0.3, -0.25) is 14.5 Å². The molecule has 0 spiro atoms. The fraction of sp³-hybridized carbons (Fsp3) is 0.391. The number of hydrogen-bond acceptors (Lipinski definition) is 4. The summed E-state index contributed by atoms with van der Waals surface area (Å²) in [5.74, 6) is 0.518. The summed E-state index contributed by atoms with van der Waals surface area (Å²) in [6.07, 6.45) is 3.62. The number of nitrogens with one attached hydrogen (secondary N) is 2. The van der Waals surface area contributed by atoms with Crippen molar-refractivity contribution in [3.63, 3.8) is 0 Å². The van der Waals surface area contributed by atoms with Gasteiger partial charge in [-0.1, -0.05) is 24.6 Å². The Morgan fingerprint density at radius 3 is 2.45 bits per heavy atom. The fourth-order valence-electron chi connectivity index (χ4n) is 3.75. The molecule has 3 rings (SSSR count). The Bertz CT molecular complexity index is 830. The van der Waals surface area contributed by atoms with E-state index in [0.29, 0.717) is 17.8 Å². The second-order valence-electron chi connectivity index (χ2n) is 7.36. The summed E-state index contributed by atoms with van der Waals surface area (Å²) in [5.41, 5.74) is 2.32. The van der Waals surface area contributed by atoms with E-state index in [0.717, 1.165) is 18.8 Å². The number of rotatable bonds is 7. The minimum Gasteiger partial charge on any atom is -0.497 e. The molecule has 2 aromatic rings. The van der Waals surface area contributed by atoms with Crippen LogP contribution >= 0.6 is 0 Å². The number of nitrogens with zero attached hydrogens (tertiary/aromatic N) is 1. The van der Waals surface area contributed by atoms with Crippen LogP contribution in [0.25, 0.3) is 0 Å². The van der Waals surface area contributed by atoms with E-state index >= 15 is 0 Å². The van der Waals surface area contributed by atoms with Crippen LogP contribution in [0.4, 0.5) is 5.69 Å². The van der Waals surface area contributed by atoms with Crippen molar-refractivity contribution in [3.8, 4) is 5.75 Å². The van der Waals surface area contributed by atoms with Crippen molar-refractivity contribution in [2.75, 3.05) is 32.1 Å². The summed E-state index contributed by atoms with van der Waals surface area (Å²) in [6, 6.07) is 15.2. The predicted molar refractivity (Wildman–Crippen MR) is 114 cm³/mol. The van der Waals surface area contributed by atoms with Gasteiger partial charge in [-0.25, -0.2) is 0 Å². The van der Waals surface area contributed by atoms with Crippen LogP contribution in [0, 0.1) is 0 Å². The van der Waals surface area contributed by atoms with Gasteiger partial charge in [-0.2, -0.15) is 0 Å². The first-order valence-corrected chi connectivity index (χ1v) is 10.1. The molecule has 0 bridgehead atoms. The second-order valence-corrected chi connectivity index (χ2v) is 7.36. The Balaban J connectivity index is 1.71. The molecule has 1 aliphatic rings. The first-order chi connectivity index (χ1) is 14.1. The molecular formula is C23H29N3O3. The van der Waals surface area contributed by atoms with Crippen molar-refractivity contribution in [1.29, 1.82) is 0 Å². The maximum absolute atomic E-state index is 12.7. The summed E-state index contributed by atoms with van der Waals surface area (Å²) in [6.45, 7) is 4.04. The molecule has 154 valence electrons. The lowest BCUT2D eigenvalue weighted by Gasteiger charge is -2.35. The average Bonchev–Trinajstić information content (AvgIpc) is 2.74. The molecule has 2 amide bonds. The highest BCUT2D eigenvalue weighted by atomic mass is 16.5. The van der Waals surface area contributed by atoms with E-state index in [1.807, 2.05) is 12.1 Å². The number of piperidine rings is 1. The number of carbonyl (C=O) groups excluding carboxylic acids is 2. The summed E-state index contributed by atoms with van der Waals surface area (Å²) in [4.78, 5) is 26.4. The summed E-state index contributed by atoms with van der Waals surface area (Å²) < 4.78 is 5.28. The predicted octanol–water partition coefficient (Wildman–Crippen LogP) is 3.61. The standard InChI is InChI=1S/C23H29N3O3/c1-17(27)25-20-8-6-7-19(15-20)23(28)24-16-22(26-13-4-3-5-14-26)18-9-11-21(29-2)12-10-18/h6-12,15,22H,3-5,13-14,16H2,1-2H3,(H,24,28)(H,25,27). The number of hydrogen-bond donors (Lipinski definition) is 2. The maximum atomic E-state index is 12.7. The van der Waals surface area contributed by atoms with Crippen molar-refractivity contribution < 1.29 is 14.3 Å². The van der Waals surface area contributed by atoms with Gasteiger partial charge in [0, 0.05) is 24.7 Å². The van der Waals surface area contributed by atoms with Crippen molar-refractivity contribution in [3.05, 3.63) is 59.7 Å². The number of ether oxygens (including phenoxy) is 1. The van der Waals surface area contributed by atoms with E-state index in [9.17, 15) is 9.59 Å². The lowest BCUT2D eigenvalue weighted by atomic mass is 10.0. The Hall–Kier alpha value is -2.86. The van der Waals surface area contributed by atoms with Crippen molar-refractivity contribution in [1.82, 2.24) is 10.2 Å². The molecule has 0 aromatic heterocycles. The largest absolute Gasteiger partial charge is 0.497 e. The molecule has 1 atom stereocenters. The zero-order valence-electron chi connectivity index (χ0n) is 17.1. The van der Waals surface area contributed by atoms with Crippen LogP contribution in [-0.4, -0.2) is 43.5 Å². The van der Waals surface area contributed by atoms with E-state index in [-0.39, 0.29) is 17.9 Å². The minimum absolute atomic E-state index is 0.115. The zero-order chi connectivity index (χ0) is 20.6. The van der Waals surface area contributed by atoms with Crippen LogP contribution in [0.5, 0.6) is 5.75 Å². The normalized spacial score (nSPS) is 15.4. The summed E-state index contributed by atoms with van der Waals surface area (Å²) >= 11 is 0. The van der Waals surface area contributed by atoms with Crippen LogP contribution in [0.1, 0.15) is 48.1 Å². The molecule has 2 N–H and O–H groups in total. The number of anilines is 1. The third-order valence-corrected chi connectivity index (χ3v) is 5.23. The first kappa shape index (κ1) is 20.9. The molecule has 1 saturated heterocycles. The van der Waals surface area contributed by atoms with E-state index in [2.05, 4.69) is 27.7 Å². The highest BCUT2D eigenvalue weighted by molar-refractivity contribution is 5.96. The van der Waals surface area contributed by atoms with E-state index in [1.165, 1.54) is 31.7 Å². The Labute approximate surface area is 172 Å². The fourth-order valence-corrected chi connectivity index (χ4v) is 3.75. The monoisotopic (exact) mass is 395 g/mol. The van der Waals surface area contributed by atoms with E-state index in [1.54, 1.807) is 31.4 Å². The van der Waals surface area contributed by atoms with Gasteiger partial charge in [0.1, 0.15) is 5.75 Å². The van der Waals surface area contributed by atoms with Gasteiger partial charge in [0.15, 0.2) is 0 Å². The van der Waals surface area contributed by atoms with Gasteiger partial charge in [0.2, 0.25) is 5.91 Å². The van der Waals surface area contributed by atoms with Gasteiger partial charge in [-0.15, -0.1) is 0 Å². The summed E-state index contributed by atoms with van der Waals surface area (Å²) in [7, 11) is 1.66. The molecule has 6 heteroatoms. The van der Waals surface area contributed by atoms with Crippen LogP contribution in [0.2, 0.25) is 0 Å². The molecule has 1 fully saturated rings. The Kier molecular flexibility index (Phi) is 7.25. The van der Waals surface area contributed by atoms with Gasteiger partial charge in [0.05, 0.1) is 13.2 Å². The number of likely N-dealkylation sites (tertiary alicyclic amines) is 1. The van der Waals surface area contributed by atoms with Gasteiger partial charge < -0.3 is 15.4 Å². The smallest absolute Gasteiger partial charge is 0.251 e. The van der Waals surface area contributed by atoms with Gasteiger partial charge in [-0.05, 0) is 61.8 Å². The molecule has 6 nitrogen and oxygen atoms in total. The number of carbonyl (C=O) groups is 2. The second kappa shape index (κ2) is 10.1. The Morgan fingerprint density at radius 2 is 1.79 bits per heavy atom. The van der Waals surface area contributed by atoms with Crippen LogP contribution in [0.15, 0.2) is 48.5 Å². The Morgan fingerprint density at radius 1 is 1.07 bits per heavy atom. The van der Waals surface area contributed by atoms with Crippen LogP contribution in [-0.2, 0) is 4.79 Å². The molecule has 0 aliphatic carbocycles. The maximum Gasteiger partial charge on any atom is 0.251 e. The quantitative estimate of drug-likeness (QED) is 0.751. The lowest BCUT2D eigenvalue weighted by molar-refractivity contribution is -0.114. The molecule has 2 aromatic carbocycles. The molecule has 1 heterocycles. The lowest BCUT2D eigenvalue weighted by Crippen LogP contribution is -2.40. The molecule has 1 unspecified atom stereocenters. The third-order valence-electron chi connectivity index (χ3n) is 5.23. The highest BCUT2D eigenvalue weighted by Crippen LogP contribution is 2.26. The molecule has 0 saturated carbocycles. The van der Waals surface area contributed by atoms with Crippen molar-refractivity contribution in [2.24, 2.45) is 0 Å². The highest BCUT2D eigenvalue weighted by Gasteiger charge is 2.23. The molecule has 29 heavy (non-hydrogen) atoms. The average molecular weight is 396 g/mol. The van der Waals surface area contributed by atoms with E-state index < -0.39 is 0 Å². The number of amides is 2. The van der Waals surface area contributed by atoms with Crippen molar-refractivity contribution in [2.45, 2.75) is 32.2 Å². The molecule has 1 aliphatic heterocycles. The number of benzene rings is 2. The third kappa shape index (κ3) is 5.81. The first-order valence-electron chi connectivity index (χ1n) is 10.1. The van der Waals surface area contributed by atoms with Gasteiger partial charge in [0.25, 0.3) is 5.91 Å². The van der Waals surface area contributed by atoms with Crippen LogP contribution < -0.4 is 15.4 Å². The SMILES string of the molecule is COc1ccc(C(CNC(=O)c2cccc(NC(C)=O)c2)N2CCCCC2)cc1. The number of methoxy groups -OCH3 is 1. The molecule has 0 radical (unpaired) electrons.